The Bertz CT molecular complexity index is 235. The molecule has 0 radical (unpaired) electrons. The van der Waals surface area contributed by atoms with E-state index in [9.17, 15) is 0 Å². The molecule has 0 fully saturated rings. The summed E-state index contributed by atoms with van der Waals surface area (Å²) in [4.78, 5) is 4.21. The molecule has 0 amide bonds. The Morgan fingerprint density at radius 1 is 1.50 bits per heavy atom. The highest BCUT2D eigenvalue weighted by atomic mass is 14.7. The van der Waals surface area contributed by atoms with Crippen LogP contribution in [0.15, 0.2) is 6.07 Å². The van der Waals surface area contributed by atoms with Crippen molar-refractivity contribution in [1.82, 2.24) is 4.98 Å². The molecule has 52 valence electrons. The van der Waals surface area contributed by atoms with E-state index in [0.29, 0.717) is 0 Å². The number of nitrogen functional groups attached to an aromatic ring is 1. The second-order valence-electron chi connectivity index (χ2n) is 2.58. The van der Waals surface area contributed by atoms with Crippen LogP contribution in [0.1, 0.15) is 11.3 Å². The van der Waals surface area contributed by atoms with Gasteiger partial charge < -0.3 is 5.73 Å². The molecule has 0 spiro atoms. The molecule has 0 unspecified atom stereocenters. The van der Waals surface area contributed by atoms with Crippen LogP contribution in [0.25, 0.3) is 0 Å². The Labute approximate surface area is 61.9 Å². The smallest absolute Gasteiger partial charge is 0.163 e. The van der Waals surface area contributed by atoms with Crippen LogP contribution in [0.2, 0.25) is 0 Å². The quantitative estimate of drug-likeness (QED) is 0.487. The van der Waals surface area contributed by atoms with Crippen molar-refractivity contribution in [3.63, 3.8) is 0 Å². The van der Waals surface area contributed by atoms with Crippen molar-refractivity contribution in [2.24, 2.45) is 0 Å². The summed E-state index contributed by atoms with van der Waals surface area (Å²) in [5, 5.41) is 0. The normalized spacial score (nSPS) is 9.80. The summed E-state index contributed by atoms with van der Waals surface area (Å²) in [7, 11) is 1.97. The Morgan fingerprint density at radius 2 is 2.10 bits per heavy atom. The van der Waals surface area contributed by atoms with E-state index in [4.69, 9.17) is 5.73 Å². The van der Waals surface area contributed by atoms with Gasteiger partial charge in [-0.2, -0.15) is 0 Å². The molecule has 1 aromatic rings. The number of aryl methyl sites for hydroxylation is 2. The topological polar surface area (TPSA) is 38.9 Å². The van der Waals surface area contributed by atoms with Crippen molar-refractivity contribution >= 4 is 19.1 Å². The summed E-state index contributed by atoms with van der Waals surface area (Å²) in [5.41, 5.74) is 9.57. The fourth-order valence-corrected chi connectivity index (χ4v) is 1.03. The standard InChI is InChI=1S/C7H11BN2/c1-4-3-6(8)10-5(2)7(4)9/h3H,8-9H2,1-2H3. The van der Waals surface area contributed by atoms with E-state index in [2.05, 4.69) is 4.98 Å². The number of aromatic nitrogens is 1. The monoisotopic (exact) mass is 134 g/mol. The second-order valence-corrected chi connectivity index (χ2v) is 2.58. The first-order valence-electron chi connectivity index (χ1n) is 3.31. The Morgan fingerprint density at radius 3 is 2.60 bits per heavy atom. The van der Waals surface area contributed by atoms with E-state index < -0.39 is 0 Å². The van der Waals surface area contributed by atoms with Gasteiger partial charge in [-0.25, -0.2) is 0 Å². The molecule has 0 saturated carbocycles. The summed E-state index contributed by atoms with van der Waals surface area (Å²) in [5.74, 6) is 0. The summed E-state index contributed by atoms with van der Waals surface area (Å²) in [6, 6.07) is 1.99. The average Bonchev–Trinajstić information content (AvgIpc) is 1.82. The number of pyridine rings is 1. The van der Waals surface area contributed by atoms with Crippen LogP contribution in [0.3, 0.4) is 0 Å². The molecule has 0 aliphatic carbocycles. The highest BCUT2D eigenvalue weighted by Gasteiger charge is 1.98. The first-order chi connectivity index (χ1) is 4.61. The predicted molar refractivity (Wildman–Crippen MR) is 46.3 cm³/mol. The molecule has 0 saturated heterocycles. The molecule has 2 N–H and O–H groups in total. The van der Waals surface area contributed by atoms with Crippen molar-refractivity contribution in [3.8, 4) is 0 Å². The van der Waals surface area contributed by atoms with Gasteiger partial charge in [0, 0.05) is 0 Å². The van der Waals surface area contributed by atoms with E-state index in [1.54, 1.807) is 0 Å². The Balaban J connectivity index is 3.31. The fraction of sp³-hybridized carbons (Fsp3) is 0.286. The van der Waals surface area contributed by atoms with Crippen LogP contribution in [-0.4, -0.2) is 12.8 Å². The van der Waals surface area contributed by atoms with E-state index in [1.165, 1.54) is 0 Å². The van der Waals surface area contributed by atoms with E-state index in [1.807, 2.05) is 27.8 Å². The fourth-order valence-electron chi connectivity index (χ4n) is 1.03. The van der Waals surface area contributed by atoms with Gasteiger partial charge >= 0.3 is 0 Å². The zero-order valence-corrected chi connectivity index (χ0v) is 6.60. The van der Waals surface area contributed by atoms with Crippen molar-refractivity contribution in [2.45, 2.75) is 13.8 Å². The lowest BCUT2D eigenvalue weighted by Gasteiger charge is -2.03. The van der Waals surface area contributed by atoms with Crippen LogP contribution in [0, 0.1) is 13.8 Å². The minimum atomic E-state index is 0.811. The van der Waals surface area contributed by atoms with Gasteiger partial charge in [-0.15, -0.1) is 0 Å². The van der Waals surface area contributed by atoms with Gasteiger partial charge in [0.25, 0.3) is 0 Å². The molecule has 0 aliphatic rings. The number of nitrogens with zero attached hydrogens (tertiary/aromatic N) is 1. The van der Waals surface area contributed by atoms with Crippen LogP contribution in [0.4, 0.5) is 5.69 Å². The molecular formula is C7H11BN2. The molecule has 0 aromatic carbocycles. The van der Waals surface area contributed by atoms with Crippen molar-refractivity contribution in [2.75, 3.05) is 5.73 Å². The summed E-state index contributed by atoms with van der Waals surface area (Å²) in [6.07, 6.45) is 0. The molecule has 10 heavy (non-hydrogen) atoms. The molecule has 2 nitrogen and oxygen atoms in total. The average molecular weight is 134 g/mol. The van der Waals surface area contributed by atoms with Crippen LogP contribution < -0.4 is 11.3 Å². The van der Waals surface area contributed by atoms with Gasteiger partial charge in [0.1, 0.15) is 0 Å². The zero-order chi connectivity index (χ0) is 7.72. The molecule has 1 heterocycles. The number of nitrogens with two attached hydrogens (primary N) is 1. The lowest BCUT2D eigenvalue weighted by Crippen LogP contribution is -2.12. The van der Waals surface area contributed by atoms with Crippen molar-refractivity contribution in [3.05, 3.63) is 17.3 Å². The van der Waals surface area contributed by atoms with Gasteiger partial charge in [0.2, 0.25) is 0 Å². The summed E-state index contributed by atoms with van der Waals surface area (Å²) in [6.45, 7) is 3.92. The maximum atomic E-state index is 5.69. The van der Waals surface area contributed by atoms with Gasteiger partial charge in [-0.05, 0) is 31.1 Å². The maximum absolute atomic E-state index is 5.69. The molecule has 0 atom stereocenters. The van der Waals surface area contributed by atoms with Gasteiger partial charge in [-0.1, -0.05) is 0 Å². The Hall–Kier alpha value is -0.985. The summed E-state index contributed by atoms with van der Waals surface area (Å²) >= 11 is 0. The summed E-state index contributed by atoms with van der Waals surface area (Å²) < 4.78 is 0. The number of hydrogen-bond donors (Lipinski definition) is 1. The van der Waals surface area contributed by atoms with Crippen LogP contribution >= 0.6 is 0 Å². The zero-order valence-electron chi connectivity index (χ0n) is 6.60. The number of hydrogen-bond acceptors (Lipinski definition) is 2. The minimum Gasteiger partial charge on any atom is -0.397 e. The molecule has 0 aliphatic heterocycles. The van der Waals surface area contributed by atoms with Gasteiger partial charge in [0.15, 0.2) is 7.85 Å². The largest absolute Gasteiger partial charge is 0.397 e. The third-order valence-corrected chi connectivity index (χ3v) is 1.58. The lowest BCUT2D eigenvalue weighted by atomic mass is 10.0. The SMILES string of the molecule is Bc1cc(C)c(N)c(C)n1. The highest BCUT2D eigenvalue weighted by molar-refractivity contribution is 6.30. The number of anilines is 1. The third kappa shape index (κ3) is 1.13. The van der Waals surface area contributed by atoms with Crippen LogP contribution in [-0.2, 0) is 0 Å². The van der Waals surface area contributed by atoms with Gasteiger partial charge in [-0.3, -0.25) is 4.98 Å². The molecule has 1 aromatic heterocycles. The first-order valence-corrected chi connectivity index (χ1v) is 3.31. The molecular weight excluding hydrogens is 123 g/mol. The van der Waals surface area contributed by atoms with Crippen molar-refractivity contribution in [1.29, 1.82) is 0 Å². The minimum absolute atomic E-state index is 0.811. The number of rotatable bonds is 0. The van der Waals surface area contributed by atoms with Crippen molar-refractivity contribution < 1.29 is 0 Å². The van der Waals surface area contributed by atoms with E-state index >= 15 is 0 Å². The predicted octanol–water partition coefficient (Wildman–Crippen LogP) is -0.461. The second kappa shape index (κ2) is 2.33. The third-order valence-electron chi connectivity index (χ3n) is 1.58. The van der Waals surface area contributed by atoms with E-state index in [-0.39, 0.29) is 0 Å². The van der Waals surface area contributed by atoms with Gasteiger partial charge in [0.05, 0.1) is 11.4 Å². The lowest BCUT2D eigenvalue weighted by molar-refractivity contribution is 1.22. The highest BCUT2D eigenvalue weighted by Crippen LogP contribution is 2.09. The maximum Gasteiger partial charge on any atom is 0.163 e. The Kier molecular flexibility index (Phi) is 1.66. The van der Waals surface area contributed by atoms with Crippen LogP contribution in [0.5, 0.6) is 0 Å². The first kappa shape index (κ1) is 7.13. The van der Waals surface area contributed by atoms with E-state index in [0.717, 1.165) is 22.5 Å². The molecule has 0 bridgehead atoms. The molecule has 3 heteroatoms. The molecule has 1 rings (SSSR count).